The molecule has 1 aliphatic rings. The molecule has 138 valence electrons. The van der Waals surface area contributed by atoms with E-state index in [0.717, 1.165) is 24.3 Å². The molecule has 2 rings (SSSR count). The van der Waals surface area contributed by atoms with E-state index in [2.05, 4.69) is 21.6 Å². The van der Waals surface area contributed by atoms with Crippen molar-refractivity contribution in [2.24, 2.45) is 0 Å². The molecule has 2 N–H and O–H groups in total. The molecule has 0 saturated carbocycles. The fourth-order valence-corrected chi connectivity index (χ4v) is 2.88. The van der Waals surface area contributed by atoms with Crippen LogP contribution in [0.15, 0.2) is 24.3 Å². The normalized spacial score (nSPS) is 17.6. The number of carbonyl (C=O) groups excluding carboxylic acids is 1. The molecule has 0 spiro atoms. The minimum Gasteiger partial charge on any atom is -0.497 e. The van der Waals surface area contributed by atoms with Crippen molar-refractivity contribution < 1.29 is 9.53 Å². The summed E-state index contributed by atoms with van der Waals surface area (Å²) in [5.74, 6) is 0.958. The number of carbonyl (C=O) groups is 1. The standard InChI is InChI=1S/C17H27N3O2.2ClH/c1-20(2)16(13-6-4-8-15(10-13)22-3)12-19-17(21)11-14-7-5-9-18-14;;/h4,6,8,10,14,16,18H,5,7,9,11-12H2,1-3H3,(H,19,21);2*1H. The first kappa shape index (κ1) is 23.0. The van der Waals surface area contributed by atoms with Crippen LogP contribution < -0.4 is 15.4 Å². The molecule has 2 unspecified atom stereocenters. The van der Waals surface area contributed by atoms with Gasteiger partial charge in [0.25, 0.3) is 0 Å². The minimum absolute atomic E-state index is 0. The lowest BCUT2D eigenvalue weighted by Gasteiger charge is -2.25. The van der Waals surface area contributed by atoms with Gasteiger partial charge >= 0.3 is 0 Å². The molecule has 1 aromatic carbocycles. The van der Waals surface area contributed by atoms with Gasteiger partial charge in [-0.2, -0.15) is 0 Å². The summed E-state index contributed by atoms with van der Waals surface area (Å²) in [6.07, 6.45) is 2.83. The number of amides is 1. The lowest BCUT2D eigenvalue weighted by atomic mass is 10.1. The summed E-state index contributed by atoms with van der Waals surface area (Å²) in [5, 5.41) is 6.42. The Morgan fingerprint density at radius 2 is 2.17 bits per heavy atom. The van der Waals surface area contributed by atoms with Crippen LogP contribution >= 0.6 is 24.8 Å². The molecule has 1 aliphatic heterocycles. The van der Waals surface area contributed by atoms with E-state index >= 15 is 0 Å². The summed E-state index contributed by atoms with van der Waals surface area (Å²) >= 11 is 0. The largest absolute Gasteiger partial charge is 0.497 e. The molecule has 1 fully saturated rings. The number of benzene rings is 1. The third kappa shape index (κ3) is 6.85. The first-order chi connectivity index (χ1) is 10.6. The second-order valence-electron chi connectivity index (χ2n) is 6.06. The fraction of sp³-hybridized carbons (Fsp3) is 0.588. The Balaban J connectivity index is 0.00000264. The Bertz CT molecular complexity index is 494. The van der Waals surface area contributed by atoms with Crippen LogP contribution in [-0.4, -0.2) is 51.1 Å². The van der Waals surface area contributed by atoms with Gasteiger partial charge in [-0.25, -0.2) is 0 Å². The van der Waals surface area contributed by atoms with Crippen molar-refractivity contribution in [2.45, 2.75) is 31.3 Å². The molecule has 1 aromatic rings. The van der Waals surface area contributed by atoms with Gasteiger partial charge in [-0.05, 0) is 51.2 Å². The summed E-state index contributed by atoms with van der Waals surface area (Å²) in [4.78, 5) is 14.2. The number of nitrogens with one attached hydrogen (secondary N) is 2. The number of methoxy groups -OCH3 is 1. The maximum Gasteiger partial charge on any atom is 0.221 e. The first-order valence-electron chi connectivity index (χ1n) is 7.90. The lowest BCUT2D eigenvalue weighted by Crippen LogP contribution is -2.37. The number of hydrogen-bond acceptors (Lipinski definition) is 4. The van der Waals surface area contributed by atoms with E-state index < -0.39 is 0 Å². The Morgan fingerprint density at radius 3 is 2.75 bits per heavy atom. The van der Waals surface area contributed by atoms with Crippen LogP contribution in [0.2, 0.25) is 0 Å². The van der Waals surface area contributed by atoms with Crippen molar-refractivity contribution in [3.05, 3.63) is 29.8 Å². The van der Waals surface area contributed by atoms with E-state index in [1.54, 1.807) is 7.11 Å². The summed E-state index contributed by atoms with van der Waals surface area (Å²) in [6, 6.07) is 8.48. The van der Waals surface area contributed by atoms with Gasteiger partial charge in [-0.15, -0.1) is 24.8 Å². The molecule has 1 heterocycles. The maximum atomic E-state index is 12.1. The molecule has 2 atom stereocenters. The van der Waals surface area contributed by atoms with Crippen LogP contribution in [0.1, 0.15) is 30.9 Å². The molecule has 24 heavy (non-hydrogen) atoms. The highest BCUT2D eigenvalue weighted by molar-refractivity contribution is 5.85. The predicted octanol–water partition coefficient (Wildman–Crippen LogP) is 2.40. The molecule has 0 radical (unpaired) electrons. The average Bonchev–Trinajstić information content (AvgIpc) is 3.00. The first-order valence-corrected chi connectivity index (χ1v) is 7.90. The number of likely N-dealkylation sites (N-methyl/N-ethyl adjacent to an activating group) is 1. The van der Waals surface area contributed by atoms with Gasteiger partial charge in [0, 0.05) is 19.0 Å². The highest BCUT2D eigenvalue weighted by Gasteiger charge is 2.20. The Labute approximate surface area is 157 Å². The van der Waals surface area contributed by atoms with Gasteiger partial charge in [-0.1, -0.05) is 12.1 Å². The SMILES string of the molecule is COc1cccc(C(CNC(=O)CC2CCCN2)N(C)C)c1.Cl.Cl. The van der Waals surface area contributed by atoms with Crippen molar-refractivity contribution >= 4 is 30.7 Å². The van der Waals surface area contributed by atoms with E-state index in [1.807, 2.05) is 32.3 Å². The third-order valence-electron chi connectivity index (χ3n) is 4.19. The lowest BCUT2D eigenvalue weighted by molar-refractivity contribution is -0.121. The molecule has 0 bridgehead atoms. The van der Waals surface area contributed by atoms with E-state index in [9.17, 15) is 4.79 Å². The summed E-state index contributed by atoms with van der Waals surface area (Å²) in [6.45, 7) is 1.63. The van der Waals surface area contributed by atoms with E-state index in [4.69, 9.17) is 4.74 Å². The molecule has 0 aliphatic carbocycles. The number of ether oxygens (including phenoxy) is 1. The maximum absolute atomic E-state index is 12.1. The molecule has 1 amide bonds. The molecule has 7 heteroatoms. The summed E-state index contributed by atoms with van der Waals surface area (Å²) < 4.78 is 5.28. The highest BCUT2D eigenvalue weighted by Crippen LogP contribution is 2.22. The second-order valence-corrected chi connectivity index (χ2v) is 6.06. The topological polar surface area (TPSA) is 53.6 Å². The van der Waals surface area contributed by atoms with Crippen LogP contribution in [0, 0.1) is 0 Å². The van der Waals surface area contributed by atoms with E-state index in [0.29, 0.717) is 19.0 Å². The van der Waals surface area contributed by atoms with E-state index in [1.165, 1.54) is 6.42 Å². The number of rotatable bonds is 7. The van der Waals surface area contributed by atoms with Gasteiger partial charge in [0.2, 0.25) is 5.91 Å². The monoisotopic (exact) mass is 377 g/mol. The molecule has 0 aromatic heterocycles. The zero-order valence-corrected chi connectivity index (χ0v) is 16.2. The fourth-order valence-electron chi connectivity index (χ4n) is 2.88. The Kier molecular flexibility index (Phi) is 11.0. The van der Waals surface area contributed by atoms with Gasteiger partial charge < -0.3 is 20.3 Å². The number of hydrogen-bond donors (Lipinski definition) is 2. The third-order valence-corrected chi connectivity index (χ3v) is 4.19. The Hall–Kier alpha value is -1.01. The Morgan fingerprint density at radius 1 is 1.42 bits per heavy atom. The van der Waals surface area contributed by atoms with Crippen LogP contribution in [0.25, 0.3) is 0 Å². The highest BCUT2D eigenvalue weighted by atomic mass is 35.5. The molecular formula is C17H29Cl2N3O2. The van der Waals surface area contributed by atoms with Crippen LogP contribution in [-0.2, 0) is 4.79 Å². The van der Waals surface area contributed by atoms with Gasteiger partial charge in [0.15, 0.2) is 0 Å². The smallest absolute Gasteiger partial charge is 0.221 e. The summed E-state index contributed by atoms with van der Waals surface area (Å²) in [5.41, 5.74) is 1.14. The quantitative estimate of drug-likeness (QED) is 0.765. The molecular weight excluding hydrogens is 349 g/mol. The van der Waals surface area contributed by atoms with Gasteiger partial charge in [-0.3, -0.25) is 4.79 Å². The van der Waals surface area contributed by atoms with Crippen molar-refractivity contribution in [2.75, 3.05) is 34.3 Å². The van der Waals surface area contributed by atoms with Crippen molar-refractivity contribution in [1.82, 2.24) is 15.5 Å². The summed E-state index contributed by atoms with van der Waals surface area (Å²) in [7, 11) is 5.71. The number of nitrogens with zero attached hydrogens (tertiary/aromatic N) is 1. The predicted molar refractivity (Wildman–Crippen MR) is 103 cm³/mol. The van der Waals surface area contributed by atoms with Gasteiger partial charge in [0.1, 0.15) is 5.75 Å². The number of halogens is 2. The van der Waals surface area contributed by atoms with Crippen LogP contribution in [0.3, 0.4) is 0 Å². The van der Waals surface area contributed by atoms with Crippen molar-refractivity contribution in [3.8, 4) is 5.75 Å². The molecule has 1 saturated heterocycles. The molecule has 5 nitrogen and oxygen atoms in total. The minimum atomic E-state index is 0. The van der Waals surface area contributed by atoms with Crippen LogP contribution in [0.4, 0.5) is 0 Å². The zero-order valence-electron chi connectivity index (χ0n) is 14.6. The van der Waals surface area contributed by atoms with Crippen LogP contribution in [0.5, 0.6) is 5.75 Å². The zero-order chi connectivity index (χ0) is 15.9. The second kappa shape index (κ2) is 11.5. The van der Waals surface area contributed by atoms with Crippen molar-refractivity contribution in [3.63, 3.8) is 0 Å². The van der Waals surface area contributed by atoms with Crippen molar-refractivity contribution in [1.29, 1.82) is 0 Å². The van der Waals surface area contributed by atoms with Gasteiger partial charge in [0.05, 0.1) is 13.2 Å². The average molecular weight is 378 g/mol. The van der Waals surface area contributed by atoms with E-state index in [-0.39, 0.29) is 36.8 Å².